The molecule has 0 radical (unpaired) electrons. The number of hydrogen-bond acceptors (Lipinski definition) is 9. The number of rotatable bonds is 16. The Labute approximate surface area is 272 Å². The second kappa shape index (κ2) is 21.2. The fourth-order valence-electron chi connectivity index (χ4n) is 3.48. The third-order valence-corrected chi connectivity index (χ3v) is 5.40. The molecule has 2 atom stereocenters. The van der Waals surface area contributed by atoms with Gasteiger partial charge in [0.15, 0.2) is 11.9 Å². The molecule has 20 heteroatoms. The SMILES string of the molecule is CC(C)(C)OC(=O)N[C@H](CCCNC(=N)N)C(=O)NCC(=O)N[C@@H](CCCNC(=N)N)C(=O)Nc1ccc([N+](=O)[O-])cc1.Cl.Cl. The zero-order valence-corrected chi connectivity index (χ0v) is 26.8. The molecule has 0 spiro atoms. The van der Waals surface area contributed by atoms with Crippen LogP contribution in [0.2, 0.25) is 0 Å². The van der Waals surface area contributed by atoms with E-state index >= 15 is 0 Å². The van der Waals surface area contributed by atoms with Crippen LogP contribution in [0.3, 0.4) is 0 Å². The molecule has 45 heavy (non-hydrogen) atoms. The maximum Gasteiger partial charge on any atom is 0.408 e. The minimum absolute atomic E-state index is 0. The largest absolute Gasteiger partial charge is 0.444 e. The number of hydrogen-bond donors (Lipinski definition) is 10. The fourth-order valence-corrected chi connectivity index (χ4v) is 3.48. The molecule has 1 aromatic carbocycles. The van der Waals surface area contributed by atoms with Crippen molar-refractivity contribution >= 4 is 71.9 Å². The lowest BCUT2D eigenvalue weighted by Crippen LogP contribution is -2.52. The van der Waals surface area contributed by atoms with Crippen LogP contribution in [-0.4, -0.2) is 78.0 Å². The number of benzene rings is 1. The summed E-state index contributed by atoms with van der Waals surface area (Å²) in [5, 5.41) is 40.5. The van der Waals surface area contributed by atoms with E-state index in [4.69, 9.17) is 27.0 Å². The van der Waals surface area contributed by atoms with Gasteiger partial charge in [-0.05, 0) is 58.6 Å². The molecule has 0 fully saturated rings. The number of carbonyl (C=O) groups excluding carboxylic acids is 4. The van der Waals surface area contributed by atoms with Crippen molar-refractivity contribution in [2.75, 3.05) is 25.0 Å². The Morgan fingerprint density at radius 2 is 1.36 bits per heavy atom. The second-order valence-electron chi connectivity index (χ2n) is 10.3. The van der Waals surface area contributed by atoms with Crippen molar-refractivity contribution in [1.82, 2.24) is 26.6 Å². The summed E-state index contributed by atoms with van der Waals surface area (Å²) in [4.78, 5) is 61.1. The molecule has 0 unspecified atom stereocenters. The van der Waals surface area contributed by atoms with E-state index in [2.05, 4.69) is 31.9 Å². The minimum atomic E-state index is -1.07. The van der Waals surface area contributed by atoms with Gasteiger partial charge in [-0.25, -0.2) is 4.79 Å². The van der Waals surface area contributed by atoms with Gasteiger partial charge in [-0.3, -0.25) is 35.3 Å². The highest BCUT2D eigenvalue weighted by Gasteiger charge is 2.26. The van der Waals surface area contributed by atoms with Crippen molar-refractivity contribution in [2.24, 2.45) is 11.5 Å². The van der Waals surface area contributed by atoms with E-state index in [0.717, 1.165) is 0 Å². The molecule has 0 aliphatic carbocycles. The average Bonchev–Trinajstić information content (AvgIpc) is 2.89. The van der Waals surface area contributed by atoms with Gasteiger partial charge in [0.1, 0.15) is 17.7 Å². The van der Waals surface area contributed by atoms with Crippen LogP contribution in [0.4, 0.5) is 16.2 Å². The van der Waals surface area contributed by atoms with Gasteiger partial charge in [0.05, 0.1) is 11.5 Å². The number of carbonyl (C=O) groups is 4. The molecule has 12 N–H and O–H groups in total. The first-order valence-corrected chi connectivity index (χ1v) is 13.3. The van der Waals surface area contributed by atoms with Gasteiger partial charge in [0, 0.05) is 30.9 Å². The summed E-state index contributed by atoms with van der Waals surface area (Å²) in [6.07, 6.45) is 0.111. The van der Waals surface area contributed by atoms with Crippen molar-refractivity contribution < 1.29 is 28.8 Å². The first-order valence-electron chi connectivity index (χ1n) is 13.3. The molecule has 1 rings (SSSR count). The summed E-state index contributed by atoms with van der Waals surface area (Å²) in [5.41, 5.74) is 9.82. The highest BCUT2D eigenvalue weighted by atomic mass is 35.5. The maximum atomic E-state index is 12.9. The zero-order chi connectivity index (χ0) is 32.6. The number of anilines is 1. The number of guanidine groups is 2. The number of non-ortho nitro benzene ring substituents is 1. The Balaban J connectivity index is 0. The molecule has 254 valence electrons. The number of nitrogens with one attached hydrogen (secondary N) is 8. The van der Waals surface area contributed by atoms with Gasteiger partial charge in [0.2, 0.25) is 17.7 Å². The Morgan fingerprint density at radius 1 is 0.867 bits per heavy atom. The molecule has 0 aromatic heterocycles. The van der Waals surface area contributed by atoms with Gasteiger partial charge in [-0.2, -0.15) is 0 Å². The van der Waals surface area contributed by atoms with Gasteiger partial charge in [0.25, 0.3) is 5.69 Å². The third-order valence-electron chi connectivity index (χ3n) is 5.40. The smallest absolute Gasteiger partial charge is 0.408 e. The standard InChI is InChI=1S/C25H41N11O7.2ClH/c1-25(2,3)43-24(40)35-17(6-4-12-30-22(26)27)20(38)32-14-19(37)34-18(7-5-13-31-23(28)29)21(39)33-15-8-10-16(11-9-15)36(41)42;;/h8-11,17-18H,4-7,12-14H2,1-3H3,(H,32,38)(H,33,39)(H,34,37)(H,35,40)(H4,26,27,30)(H4,28,29,31);2*1H/t17-,18+;;/m1../s1. The molecule has 0 aliphatic rings. The van der Waals surface area contributed by atoms with Crippen molar-refractivity contribution in [3.63, 3.8) is 0 Å². The molecule has 0 saturated carbocycles. The van der Waals surface area contributed by atoms with Crippen LogP contribution >= 0.6 is 24.8 Å². The van der Waals surface area contributed by atoms with E-state index in [1.165, 1.54) is 24.3 Å². The molecule has 0 saturated heterocycles. The van der Waals surface area contributed by atoms with E-state index in [1.807, 2.05) is 0 Å². The summed E-state index contributed by atoms with van der Waals surface area (Å²) >= 11 is 0. The lowest BCUT2D eigenvalue weighted by atomic mass is 10.1. The Bertz CT molecular complexity index is 1170. The number of alkyl carbamates (subject to hydrolysis) is 1. The monoisotopic (exact) mass is 679 g/mol. The molecule has 0 aliphatic heterocycles. The lowest BCUT2D eigenvalue weighted by Gasteiger charge is -2.23. The number of nitro groups is 1. The highest BCUT2D eigenvalue weighted by molar-refractivity contribution is 5.98. The topological polar surface area (TPSA) is 293 Å². The normalized spacial score (nSPS) is 11.5. The summed E-state index contributed by atoms with van der Waals surface area (Å²) < 4.78 is 5.21. The first kappa shape index (κ1) is 42.6. The first-order chi connectivity index (χ1) is 20.1. The summed E-state index contributed by atoms with van der Waals surface area (Å²) in [5.74, 6) is -2.50. The Kier molecular flexibility index (Phi) is 20.0. The number of halogens is 2. The molecule has 0 bridgehead atoms. The van der Waals surface area contributed by atoms with Crippen molar-refractivity contribution in [3.05, 3.63) is 34.4 Å². The number of nitrogens with zero attached hydrogens (tertiary/aromatic N) is 1. The average molecular weight is 681 g/mol. The molecule has 4 amide bonds. The Morgan fingerprint density at radius 3 is 1.80 bits per heavy atom. The quantitative estimate of drug-likeness (QED) is 0.0375. The van der Waals surface area contributed by atoms with E-state index in [-0.39, 0.29) is 74.0 Å². The zero-order valence-electron chi connectivity index (χ0n) is 25.2. The second-order valence-corrected chi connectivity index (χ2v) is 10.3. The lowest BCUT2D eigenvalue weighted by molar-refractivity contribution is -0.384. The van der Waals surface area contributed by atoms with Crippen molar-refractivity contribution in [3.8, 4) is 0 Å². The van der Waals surface area contributed by atoms with Gasteiger partial charge < -0.3 is 48.1 Å². The predicted molar refractivity (Wildman–Crippen MR) is 173 cm³/mol. The molecular weight excluding hydrogens is 637 g/mol. The summed E-state index contributed by atoms with van der Waals surface area (Å²) in [7, 11) is 0. The fraction of sp³-hybridized carbons (Fsp3) is 0.520. The van der Waals surface area contributed by atoms with E-state index < -0.39 is 53.0 Å². The molecular formula is C25H43Cl2N11O7. The predicted octanol–water partition coefficient (Wildman–Crippen LogP) is 0.398. The van der Waals surface area contributed by atoms with E-state index in [0.29, 0.717) is 12.8 Å². The van der Waals surface area contributed by atoms with Crippen LogP contribution in [-0.2, 0) is 19.1 Å². The number of ether oxygens (including phenoxy) is 1. The van der Waals surface area contributed by atoms with Crippen LogP contribution < -0.4 is 43.4 Å². The van der Waals surface area contributed by atoms with Crippen LogP contribution in [0.25, 0.3) is 0 Å². The van der Waals surface area contributed by atoms with Crippen LogP contribution in [0.15, 0.2) is 24.3 Å². The minimum Gasteiger partial charge on any atom is -0.444 e. The van der Waals surface area contributed by atoms with Crippen LogP contribution in [0, 0.1) is 20.9 Å². The van der Waals surface area contributed by atoms with E-state index in [9.17, 15) is 29.3 Å². The third kappa shape index (κ3) is 19.3. The number of amides is 4. The van der Waals surface area contributed by atoms with Gasteiger partial charge in [-0.1, -0.05) is 0 Å². The van der Waals surface area contributed by atoms with E-state index in [1.54, 1.807) is 20.8 Å². The van der Waals surface area contributed by atoms with Crippen molar-refractivity contribution in [1.29, 1.82) is 10.8 Å². The van der Waals surface area contributed by atoms with Gasteiger partial charge in [-0.15, -0.1) is 24.8 Å². The maximum absolute atomic E-state index is 12.9. The summed E-state index contributed by atoms with van der Waals surface area (Å²) in [6.45, 7) is 4.97. The van der Waals surface area contributed by atoms with Gasteiger partial charge >= 0.3 is 6.09 Å². The van der Waals surface area contributed by atoms with Crippen LogP contribution in [0.5, 0.6) is 0 Å². The molecule has 1 aromatic rings. The molecule has 0 heterocycles. The van der Waals surface area contributed by atoms with Crippen LogP contribution in [0.1, 0.15) is 46.5 Å². The summed E-state index contributed by atoms with van der Waals surface area (Å²) in [6, 6.07) is 2.98. The number of nitrogens with two attached hydrogens (primary N) is 2. The highest BCUT2D eigenvalue weighted by Crippen LogP contribution is 2.16. The number of nitro benzene ring substituents is 1. The molecule has 18 nitrogen and oxygen atoms in total. The van der Waals surface area contributed by atoms with Crippen molar-refractivity contribution in [2.45, 2.75) is 64.1 Å². The Hall–Kier alpha value is -4.58.